The van der Waals surface area contributed by atoms with Crippen molar-refractivity contribution in [2.45, 2.75) is 0 Å². The van der Waals surface area contributed by atoms with Crippen molar-refractivity contribution in [3.63, 3.8) is 0 Å². The van der Waals surface area contributed by atoms with Crippen molar-refractivity contribution in [2.75, 3.05) is 37.6 Å². The van der Waals surface area contributed by atoms with E-state index in [1.807, 2.05) is 12.1 Å². The van der Waals surface area contributed by atoms with Crippen LogP contribution in [-0.4, -0.2) is 36.0 Å². The molecule has 0 heterocycles. The van der Waals surface area contributed by atoms with Gasteiger partial charge in [0.05, 0.1) is 24.7 Å². The van der Waals surface area contributed by atoms with Gasteiger partial charge < -0.3 is 15.2 Å². The standard InChI is InChI=1S/C11H17NO3S/c1-14-6-8-16(13)9-7-15-11-5-3-2-4-10(11)12/h2-5H,6-9,12H2,1H3. The van der Waals surface area contributed by atoms with Crippen molar-refractivity contribution in [3.05, 3.63) is 24.3 Å². The Labute approximate surface area is 98.2 Å². The van der Waals surface area contributed by atoms with E-state index in [2.05, 4.69) is 0 Å². The lowest BCUT2D eigenvalue weighted by Gasteiger charge is -2.08. The molecule has 1 atom stereocenters. The van der Waals surface area contributed by atoms with Crippen molar-refractivity contribution in [1.29, 1.82) is 0 Å². The number of para-hydroxylation sites is 2. The van der Waals surface area contributed by atoms with E-state index >= 15 is 0 Å². The van der Waals surface area contributed by atoms with Gasteiger partial charge in [0.25, 0.3) is 0 Å². The summed E-state index contributed by atoms with van der Waals surface area (Å²) >= 11 is 0. The summed E-state index contributed by atoms with van der Waals surface area (Å²) in [5.74, 6) is 1.69. The van der Waals surface area contributed by atoms with Crippen LogP contribution in [0.5, 0.6) is 5.75 Å². The predicted molar refractivity (Wildman–Crippen MR) is 66.1 cm³/mol. The third-order valence-corrected chi connectivity index (χ3v) is 3.25. The lowest BCUT2D eigenvalue weighted by atomic mass is 10.3. The molecule has 0 fully saturated rings. The summed E-state index contributed by atoms with van der Waals surface area (Å²) in [5.41, 5.74) is 6.30. The molecule has 0 aliphatic heterocycles. The van der Waals surface area contributed by atoms with Crippen LogP contribution in [-0.2, 0) is 15.5 Å². The van der Waals surface area contributed by atoms with Crippen molar-refractivity contribution in [2.24, 2.45) is 0 Å². The molecule has 0 saturated carbocycles. The van der Waals surface area contributed by atoms with Gasteiger partial charge in [-0.3, -0.25) is 4.21 Å². The Hall–Kier alpha value is -1.07. The molecule has 2 N–H and O–H groups in total. The maximum atomic E-state index is 11.4. The van der Waals surface area contributed by atoms with E-state index in [0.29, 0.717) is 36.2 Å². The molecule has 0 spiro atoms. The highest BCUT2D eigenvalue weighted by Crippen LogP contribution is 2.19. The van der Waals surface area contributed by atoms with Gasteiger partial charge in [-0.25, -0.2) is 0 Å². The third kappa shape index (κ3) is 4.63. The van der Waals surface area contributed by atoms with Crippen molar-refractivity contribution >= 4 is 16.5 Å². The lowest BCUT2D eigenvalue weighted by molar-refractivity contribution is 0.218. The zero-order chi connectivity index (χ0) is 11.8. The maximum Gasteiger partial charge on any atom is 0.142 e. The molecule has 1 unspecified atom stereocenters. The van der Waals surface area contributed by atoms with Crippen LogP contribution in [0.25, 0.3) is 0 Å². The molecule has 0 aromatic heterocycles. The molecule has 0 aliphatic carbocycles. The molecule has 1 aromatic carbocycles. The predicted octanol–water partition coefficient (Wildman–Crippen LogP) is 1.04. The topological polar surface area (TPSA) is 61.5 Å². The number of anilines is 1. The van der Waals surface area contributed by atoms with Crippen LogP contribution in [0.2, 0.25) is 0 Å². The largest absolute Gasteiger partial charge is 0.490 e. The average Bonchev–Trinajstić information content (AvgIpc) is 2.29. The molecule has 5 heteroatoms. The van der Waals surface area contributed by atoms with Crippen molar-refractivity contribution in [1.82, 2.24) is 0 Å². The second-order valence-electron chi connectivity index (χ2n) is 3.23. The van der Waals surface area contributed by atoms with Crippen molar-refractivity contribution in [3.8, 4) is 5.75 Å². The van der Waals surface area contributed by atoms with E-state index in [9.17, 15) is 4.21 Å². The van der Waals surface area contributed by atoms with Gasteiger partial charge in [-0.05, 0) is 12.1 Å². The Morgan fingerprint density at radius 3 is 2.62 bits per heavy atom. The fourth-order valence-electron chi connectivity index (χ4n) is 1.13. The third-order valence-electron chi connectivity index (χ3n) is 2.00. The quantitative estimate of drug-likeness (QED) is 0.727. The van der Waals surface area contributed by atoms with Crippen LogP contribution in [0.4, 0.5) is 5.69 Å². The smallest absolute Gasteiger partial charge is 0.142 e. The molecular formula is C11H17NO3S. The molecule has 1 aromatic rings. The number of rotatable bonds is 7. The summed E-state index contributed by atoms with van der Waals surface area (Å²) in [6, 6.07) is 7.27. The van der Waals surface area contributed by atoms with Gasteiger partial charge in [0.15, 0.2) is 0 Å². The zero-order valence-corrected chi connectivity index (χ0v) is 10.2. The van der Waals surface area contributed by atoms with Gasteiger partial charge in [-0.2, -0.15) is 0 Å². The SMILES string of the molecule is COCCS(=O)CCOc1ccccc1N. The minimum absolute atomic E-state index is 0.407. The lowest BCUT2D eigenvalue weighted by Crippen LogP contribution is -2.14. The first-order valence-corrected chi connectivity index (χ1v) is 6.54. The second kappa shape index (κ2) is 7.24. The summed E-state index contributed by atoms with van der Waals surface area (Å²) in [6.45, 7) is 0.921. The summed E-state index contributed by atoms with van der Waals surface area (Å²) in [4.78, 5) is 0. The fraction of sp³-hybridized carbons (Fsp3) is 0.455. The highest BCUT2D eigenvalue weighted by Gasteiger charge is 2.02. The van der Waals surface area contributed by atoms with E-state index in [4.69, 9.17) is 15.2 Å². The Balaban J connectivity index is 2.25. The highest BCUT2D eigenvalue weighted by molar-refractivity contribution is 7.85. The average molecular weight is 243 g/mol. The monoisotopic (exact) mass is 243 g/mol. The minimum Gasteiger partial charge on any atom is -0.490 e. The molecule has 90 valence electrons. The number of methoxy groups -OCH3 is 1. The van der Waals surface area contributed by atoms with Gasteiger partial charge in [-0.15, -0.1) is 0 Å². The van der Waals surface area contributed by atoms with Crippen LogP contribution in [0.15, 0.2) is 24.3 Å². The molecular weight excluding hydrogens is 226 g/mol. The molecule has 16 heavy (non-hydrogen) atoms. The van der Waals surface area contributed by atoms with Crippen molar-refractivity contribution < 1.29 is 13.7 Å². The molecule has 4 nitrogen and oxygen atoms in total. The van der Waals surface area contributed by atoms with Crippen LogP contribution in [0, 0.1) is 0 Å². The molecule has 0 saturated heterocycles. The minimum atomic E-state index is -0.891. The first kappa shape index (κ1) is 13.0. The number of hydrogen-bond acceptors (Lipinski definition) is 4. The Morgan fingerprint density at radius 1 is 1.25 bits per heavy atom. The Kier molecular flexibility index (Phi) is 5.88. The number of benzene rings is 1. The van der Waals surface area contributed by atoms with Crippen LogP contribution >= 0.6 is 0 Å². The maximum absolute atomic E-state index is 11.4. The molecule has 0 bridgehead atoms. The summed E-state index contributed by atoms with van der Waals surface area (Å²) in [5, 5.41) is 0. The van der Waals surface area contributed by atoms with Gasteiger partial charge in [0.2, 0.25) is 0 Å². The Morgan fingerprint density at radius 2 is 1.94 bits per heavy atom. The van der Waals surface area contributed by atoms with Gasteiger partial charge in [0, 0.05) is 23.7 Å². The molecule has 0 radical (unpaired) electrons. The van der Waals surface area contributed by atoms with E-state index < -0.39 is 10.8 Å². The molecule has 1 rings (SSSR count). The van der Waals surface area contributed by atoms with E-state index in [0.717, 1.165) is 0 Å². The molecule has 0 amide bonds. The first-order valence-electron chi connectivity index (χ1n) is 5.05. The van der Waals surface area contributed by atoms with E-state index in [-0.39, 0.29) is 0 Å². The van der Waals surface area contributed by atoms with E-state index in [1.54, 1.807) is 19.2 Å². The summed E-state index contributed by atoms with van der Waals surface area (Å²) in [7, 11) is 0.705. The normalized spacial score (nSPS) is 12.3. The number of nitrogens with two attached hydrogens (primary N) is 1. The van der Waals surface area contributed by atoms with Crippen LogP contribution in [0.1, 0.15) is 0 Å². The van der Waals surface area contributed by atoms with Crippen LogP contribution in [0.3, 0.4) is 0 Å². The van der Waals surface area contributed by atoms with Crippen LogP contribution < -0.4 is 10.5 Å². The fourth-order valence-corrected chi connectivity index (χ4v) is 1.96. The highest BCUT2D eigenvalue weighted by atomic mass is 32.2. The zero-order valence-electron chi connectivity index (χ0n) is 9.35. The summed E-state index contributed by atoms with van der Waals surface area (Å²) in [6.07, 6.45) is 0. The van der Waals surface area contributed by atoms with Gasteiger partial charge in [0.1, 0.15) is 5.75 Å². The van der Waals surface area contributed by atoms with Gasteiger partial charge in [-0.1, -0.05) is 12.1 Å². The first-order chi connectivity index (χ1) is 7.74. The Bertz CT molecular complexity index is 344. The number of hydrogen-bond donors (Lipinski definition) is 1. The number of nitrogen functional groups attached to an aromatic ring is 1. The second-order valence-corrected chi connectivity index (χ2v) is 4.92. The van der Waals surface area contributed by atoms with Gasteiger partial charge >= 0.3 is 0 Å². The molecule has 0 aliphatic rings. The number of ether oxygens (including phenoxy) is 2. The van der Waals surface area contributed by atoms with E-state index in [1.165, 1.54) is 0 Å². The summed E-state index contributed by atoms with van der Waals surface area (Å²) < 4.78 is 21.7.